The third kappa shape index (κ3) is 4.55. The predicted octanol–water partition coefficient (Wildman–Crippen LogP) is 3.10. The standard InChI is InChI=1S/C16H28N2OS/c1-12(2)17-9-14-5-6-15(20-14)10-18-8-7-13(3)16(11-18)19-4/h5-6,12-13,16-17H,7-11H2,1-4H3. The van der Waals surface area contributed by atoms with E-state index >= 15 is 0 Å². The summed E-state index contributed by atoms with van der Waals surface area (Å²) < 4.78 is 5.59. The first-order valence-electron chi connectivity index (χ1n) is 7.64. The summed E-state index contributed by atoms with van der Waals surface area (Å²) in [6, 6.07) is 5.09. The molecule has 114 valence electrons. The molecule has 1 aromatic rings. The number of hydrogen-bond donors (Lipinski definition) is 1. The van der Waals surface area contributed by atoms with Gasteiger partial charge >= 0.3 is 0 Å². The average molecular weight is 296 g/mol. The van der Waals surface area contributed by atoms with Crippen molar-refractivity contribution < 1.29 is 4.74 Å². The van der Waals surface area contributed by atoms with Crippen molar-refractivity contribution in [2.24, 2.45) is 5.92 Å². The Labute approximate surface area is 127 Å². The van der Waals surface area contributed by atoms with Gasteiger partial charge < -0.3 is 10.1 Å². The molecule has 0 saturated carbocycles. The van der Waals surface area contributed by atoms with Gasteiger partial charge in [0.2, 0.25) is 0 Å². The summed E-state index contributed by atoms with van der Waals surface area (Å²) in [4.78, 5) is 5.43. The molecule has 2 rings (SSSR count). The maximum atomic E-state index is 5.59. The van der Waals surface area contributed by atoms with Gasteiger partial charge in [0, 0.05) is 42.5 Å². The SMILES string of the molecule is COC1CN(Cc2ccc(CNC(C)C)s2)CCC1C. The van der Waals surface area contributed by atoms with E-state index < -0.39 is 0 Å². The van der Waals surface area contributed by atoms with E-state index in [0.717, 1.165) is 19.6 Å². The van der Waals surface area contributed by atoms with Gasteiger partial charge in [-0.2, -0.15) is 0 Å². The first kappa shape index (κ1) is 16.0. The lowest BCUT2D eigenvalue weighted by Gasteiger charge is -2.35. The van der Waals surface area contributed by atoms with Gasteiger partial charge in [0.05, 0.1) is 6.10 Å². The molecule has 4 heteroatoms. The van der Waals surface area contributed by atoms with Crippen molar-refractivity contribution in [2.45, 2.75) is 52.4 Å². The number of thiophene rings is 1. The van der Waals surface area contributed by atoms with Gasteiger partial charge in [-0.05, 0) is 31.0 Å². The fraction of sp³-hybridized carbons (Fsp3) is 0.750. The van der Waals surface area contributed by atoms with Gasteiger partial charge in [0.15, 0.2) is 0 Å². The van der Waals surface area contributed by atoms with Crippen LogP contribution in [0.1, 0.15) is 36.9 Å². The van der Waals surface area contributed by atoms with Crippen LogP contribution in [-0.2, 0) is 17.8 Å². The van der Waals surface area contributed by atoms with Crippen LogP contribution in [-0.4, -0.2) is 37.2 Å². The van der Waals surface area contributed by atoms with Crippen molar-refractivity contribution in [3.8, 4) is 0 Å². The van der Waals surface area contributed by atoms with E-state index in [9.17, 15) is 0 Å². The number of rotatable bonds is 6. The van der Waals surface area contributed by atoms with Crippen LogP contribution in [0.5, 0.6) is 0 Å². The Hall–Kier alpha value is -0.420. The van der Waals surface area contributed by atoms with Crippen molar-refractivity contribution >= 4 is 11.3 Å². The second-order valence-electron chi connectivity index (χ2n) is 6.18. The van der Waals surface area contributed by atoms with Crippen LogP contribution in [0.3, 0.4) is 0 Å². The molecule has 1 fully saturated rings. The van der Waals surface area contributed by atoms with Crippen molar-refractivity contribution in [3.05, 3.63) is 21.9 Å². The molecule has 1 aliphatic heterocycles. The highest BCUT2D eigenvalue weighted by molar-refractivity contribution is 7.11. The highest BCUT2D eigenvalue weighted by Crippen LogP contribution is 2.23. The third-order valence-electron chi connectivity index (χ3n) is 4.06. The quantitative estimate of drug-likeness (QED) is 0.873. The fourth-order valence-corrected chi connectivity index (χ4v) is 3.69. The van der Waals surface area contributed by atoms with E-state index in [0.29, 0.717) is 18.1 Å². The minimum atomic E-state index is 0.394. The molecule has 2 atom stereocenters. The van der Waals surface area contributed by atoms with Crippen molar-refractivity contribution in [3.63, 3.8) is 0 Å². The zero-order chi connectivity index (χ0) is 14.5. The van der Waals surface area contributed by atoms with Crippen molar-refractivity contribution in [1.29, 1.82) is 0 Å². The van der Waals surface area contributed by atoms with Crippen LogP contribution in [0, 0.1) is 5.92 Å². The van der Waals surface area contributed by atoms with E-state index in [1.807, 2.05) is 18.4 Å². The summed E-state index contributed by atoms with van der Waals surface area (Å²) >= 11 is 1.93. The van der Waals surface area contributed by atoms with Gasteiger partial charge in [0.25, 0.3) is 0 Å². The molecule has 2 unspecified atom stereocenters. The van der Waals surface area contributed by atoms with E-state index in [-0.39, 0.29) is 0 Å². The number of ether oxygens (including phenoxy) is 1. The molecule has 3 nitrogen and oxygen atoms in total. The number of methoxy groups -OCH3 is 1. The fourth-order valence-electron chi connectivity index (χ4n) is 2.68. The van der Waals surface area contributed by atoms with E-state index in [1.54, 1.807) is 0 Å². The van der Waals surface area contributed by atoms with E-state index in [1.165, 1.54) is 22.7 Å². The summed E-state index contributed by atoms with van der Waals surface area (Å²) in [7, 11) is 1.84. The smallest absolute Gasteiger partial charge is 0.0724 e. The Morgan fingerprint density at radius 3 is 2.85 bits per heavy atom. The van der Waals surface area contributed by atoms with E-state index in [2.05, 4.69) is 43.1 Å². The topological polar surface area (TPSA) is 24.5 Å². The summed E-state index contributed by atoms with van der Waals surface area (Å²) in [6.07, 6.45) is 1.64. The Morgan fingerprint density at radius 1 is 1.40 bits per heavy atom. The second kappa shape index (κ2) is 7.55. The van der Waals surface area contributed by atoms with Crippen LogP contribution < -0.4 is 5.32 Å². The third-order valence-corrected chi connectivity index (χ3v) is 5.13. The normalized spacial score (nSPS) is 24.4. The first-order valence-corrected chi connectivity index (χ1v) is 8.46. The molecule has 0 radical (unpaired) electrons. The largest absolute Gasteiger partial charge is 0.380 e. The Balaban J connectivity index is 1.84. The molecular weight excluding hydrogens is 268 g/mol. The number of likely N-dealkylation sites (tertiary alicyclic amines) is 1. The summed E-state index contributed by atoms with van der Waals surface area (Å²) in [5, 5.41) is 3.48. The van der Waals surface area contributed by atoms with Gasteiger partial charge in [0.1, 0.15) is 0 Å². The Kier molecular flexibility index (Phi) is 6.02. The zero-order valence-electron chi connectivity index (χ0n) is 13.2. The molecule has 0 aliphatic carbocycles. The number of hydrogen-bond acceptors (Lipinski definition) is 4. The van der Waals surface area contributed by atoms with Gasteiger partial charge in [-0.25, -0.2) is 0 Å². The molecule has 1 saturated heterocycles. The predicted molar refractivity (Wildman–Crippen MR) is 86.1 cm³/mol. The molecular formula is C16H28N2OS. The summed E-state index contributed by atoms with van der Waals surface area (Å²) in [5.74, 6) is 0.686. The lowest BCUT2D eigenvalue weighted by atomic mass is 9.96. The molecule has 2 heterocycles. The Bertz CT molecular complexity index is 405. The van der Waals surface area contributed by atoms with Crippen LogP contribution in [0.15, 0.2) is 12.1 Å². The zero-order valence-corrected chi connectivity index (χ0v) is 14.0. The van der Waals surface area contributed by atoms with E-state index in [4.69, 9.17) is 4.74 Å². The monoisotopic (exact) mass is 296 g/mol. The van der Waals surface area contributed by atoms with Crippen LogP contribution in [0.4, 0.5) is 0 Å². The molecule has 0 spiro atoms. The molecule has 1 aromatic heterocycles. The molecule has 1 N–H and O–H groups in total. The maximum Gasteiger partial charge on any atom is 0.0724 e. The minimum absolute atomic E-state index is 0.394. The summed E-state index contributed by atoms with van der Waals surface area (Å²) in [6.45, 7) is 11.0. The van der Waals surface area contributed by atoms with Crippen LogP contribution in [0.25, 0.3) is 0 Å². The molecule has 0 amide bonds. The summed E-state index contributed by atoms with van der Waals surface area (Å²) in [5.41, 5.74) is 0. The van der Waals surface area contributed by atoms with Gasteiger partial charge in [-0.15, -0.1) is 11.3 Å². The highest BCUT2D eigenvalue weighted by atomic mass is 32.1. The second-order valence-corrected chi connectivity index (χ2v) is 7.43. The van der Waals surface area contributed by atoms with Gasteiger partial charge in [-0.1, -0.05) is 20.8 Å². The number of nitrogens with zero attached hydrogens (tertiary/aromatic N) is 1. The molecule has 0 bridgehead atoms. The van der Waals surface area contributed by atoms with Gasteiger partial charge in [-0.3, -0.25) is 4.90 Å². The lowest BCUT2D eigenvalue weighted by Crippen LogP contribution is -2.43. The minimum Gasteiger partial charge on any atom is -0.380 e. The molecule has 20 heavy (non-hydrogen) atoms. The van der Waals surface area contributed by atoms with Crippen LogP contribution in [0.2, 0.25) is 0 Å². The average Bonchev–Trinajstić information content (AvgIpc) is 2.86. The maximum absolute atomic E-state index is 5.59. The number of piperidine rings is 1. The van der Waals surface area contributed by atoms with Crippen LogP contribution >= 0.6 is 11.3 Å². The van der Waals surface area contributed by atoms with Crippen molar-refractivity contribution in [2.75, 3.05) is 20.2 Å². The van der Waals surface area contributed by atoms with Crippen molar-refractivity contribution in [1.82, 2.24) is 10.2 Å². The lowest BCUT2D eigenvalue weighted by molar-refractivity contribution is -0.00716. The molecule has 1 aliphatic rings. The molecule has 0 aromatic carbocycles. The first-order chi connectivity index (χ1) is 9.58. The number of nitrogens with one attached hydrogen (secondary N) is 1. The Morgan fingerprint density at radius 2 is 2.15 bits per heavy atom. The highest BCUT2D eigenvalue weighted by Gasteiger charge is 2.26.